The molecule has 9 heteroatoms. The van der Waals surface area contributed by atoms with Crippen molar-refractivity contribution >= 4 is 11.7 Å². The van der Waals surface area contributed by atoms with Crippen LogP contribution in [0.15, 0.2) is 49.6 Å². The minimum atomic E-state index is -0.0766. The van der Waals surface area contributed by atoms with Gasteiger partial charge in [0.05, 0.1) is 12.1 Å². The normalized spacial score (nSPS) is 16.9. The predicted octanol–water partition coefficient (Wildman–Crippen LogP) is 0.985. The smallest absolute Gasteiger partial charge is 0.225 e. The molecule has 4 heterocycles. The van der Waals surface area contributed by atoms with Gasteiger partial charge in [-0.15, -0.1) is 0 Å². The topological polar surface area (TPSA) is 102 Å². The first-order chi connectivity index (χ1) is 13.3. The van der Waals surface area contributed by atoms with Gasteiger partial charge in [0.2, 0.25) is 5.91 Å². The number of pyridine rings is 1. The molecule has 0 aromatic carbocycles. The van der Waals surface area contributed by atoms with Gasteiger partial charge in [0.1, 0.15) is 18.5 Å². The summed E-state index contributed by atoms with van der Waals surface area (Å²) in [6.07, 6.45) is 11.6. The second-order valence-corrected chi connectivity index (χ2v) is 6.39. The highest BCUT2D eigenvalue weighted by Gasteiger charge is 2.26. The van der Waals surface area contributed by atoms with E-state index < -0.39 is 0 Å². The summed E-state index contributed by atoms with van der Waals surface area (Å²) >= 11 is 0. The highest BCUT2D eigenvalue weighted by atomic mass is 16.1. The summed E-state index contributed by atoms with van der Waals surface area (Å²) in [7, 11) is 0. The van der Waals surface area contributed by atoms with Gasteiger partial charge in [0.15, 0.2) is 5.82 Å². The first-order valence-electron chi connectivity index (χ1n) is 8.89. The highest BCUT2D eigenvalue weighted by Crippen LogP contribution is 2.21. The third-order valence-corrected chi connectivity index (χ3v) is 4.62. The number of hydrogen-bond donors (Lipinski definition) is 1. The van der Waals surface area contributed by atoms with Crippen LogP contribution in [0, 0.1) is 5.92 Å². The van der Waals surface area contributed by atoms with E-state index in [0.717, 1.165) is 30.8 Å². The maximum absolute atomic E-state index is 12.7. The Morgan fingerprint density at radius 2 is 2.19 bits per heavy atom. The van der Waals surface area contributed by atoms with Crippen LogP contribution in [0.2, 0.25) is 0 Å². The molecule has 3 aromatic rings. The van der Waals surface area contributed by atoms with Crippen molar-refractivity contribution in [3.63, 3.8) is 0 Å². The fraction of sp³-hybridized carbons (Fsp3) is 0.333. The first-order valence-corrected chi connectivity index (χ1v) is 8.89. The summed E-state index contributed by atoms with van der Waals surface area (Å²) in [6.45, 7) is 1.93. The summed E-state index contributed by atoms with van der Waals surface area (Å²) in [4.78, 5) is 31.6. The fourth-order valence-electron chi connectivity index (χ4n) is 3.27. The Hall–Kier alpha value is -3.36. The van der Waals surface area contributed by atoms with Gasteiger partial charge in [-0.05, 0) is 18.9 Å². The Morgan fingerprint density at radius 3 is 3.00 bits per heavy atom. The molecule has 0 saturated carbocycles. The molecule has 1 aliphatic heterocycles. The lowest BCUT2D eigenvalue weighted by Gasteiger charge is -2.32. The number of carbonyl (C=O) groups excluding carboxylic acids is 1. The number of hydrogen-bond acceptors (Lipinski definition) is 7. The molecule has 1 saturated heterocycles. The van der Waals surface area contributed by atoms with Crippen molar-refractivity contribution in [3.05, 3.63) is 55.1 Å². The van der Waals surface area contributed by atoms with Crippen molar-refractivity contribution in [1.29, 1.82) is 0 Å². The Morgan fingerprint density at radius 1 is 1.22 bits per heavy atom. The SMILES string of the molecule is O=C(NCc1cccnc1-n1cncn1)[C@H]1CCCN(c2cnccn2)C1. The number of nitrogens with one attached hydrogen (secondary N) is 1. The van der Waals surface area contributed by atoms with Crippen LogP contribution in [0.25, 0.3) is 5.82 Å². The second-order valence-electron chi connectivity index (χ2n) is 6.39. The van der Waals surface area contributed by atoms with Crippen molar-refractivity contribution in [1.82, 2.24) is 35.0 Å². The van der Waals surface area contributed by atoms with Gasteiger partial charge in [-0.1, -0.05) is 6.07 Å². The number of carbonyl (C=O) groups is 1. The maximum Gasteiger partial charge on any atom is 0.225 e. The zero-order valence-corrected chi connectivity index (χ0v) is 14.8. The van der Waals surface area contributed by atoms with Crippen LogP contribution in [0.4, 0.5) is 5.82 Å². The molecule has 1 atom stereocenters. The first kappa shape index (κ1) is 17.1. The van der Waals surface area contributed by atoms with E-state index in [0.29, 0.717) is 18.9 Å². The van der Waals surface area contributed by atoms with Gasteiger partial charge in [-0.25, -0.2) is 19.6 Å². The molecule has 27 heavy (non-hydrogen) atoms. The summed E-state index contributed by atoms with van der Waals surface area (Å²) in [6, 6.07) is 3.77. The molecule has 1 N–H and O–H groups in total. The third kappa shape index (κ3) is 3.91. The van der Waals surface area contributed by atoms with Gasteiger partial charge in [0.25, 0.3) is 0 Å². The molecular weight excluding hydrogens is 344 g/mol. The van der Waals surface area contributed by atoms with E-state index in [1.54, 1.807) is 35.8 Å². The van der Waals surface area contributed by atoms with E-state index in [1.165, 1.54) is 6.33 Å². The van der Waals surface area contributed by atoms with Crippen molar-refractivity contribution in [2.45, 2.75) is 19.4 Å². The van der Waals surface area contributed by atoms with Gasteiger partial charge in [0, 0.05) is 43.8 Å². The minimum Gasteiger partial charge on any atom is -0.355 e. The minimum absolute atomic E-state index is 0.0389. The molecule has 1 aliphatic rings. The Kier molecular flexibility index (Phi) is 4.99. The van der Waals surface area contributed by atoms with E-state index in [9.17, 15) is 4.79 Å². The van der Waals surface area contributed by atoms with E-state index in [2.05, 4.69) is 35.3 Å². The van der Waals surface area contributed by atoms with Crippen molar-refractivity contribution in [2.75, 3.05) is 18.0 Å². The quantitative estimate of drug-likeness (QED) is 0.720. The third-order valence-electron chi connectivity index (χ3n) is 4.62. The number of piperidine rings is 1. The van der Waals surface area contributed by atoms with E-state index in [-0.39, 0.29) is 11.8 Å². The van der Waals surface area contributed by atoms with Gasteiger partial charge in [-0.2, -0.15) is 5.10 Å². The zero-order valence-electron chi connectivity index (χ0n) is 14.8. The van der Waals surface area contributed by atoms with Gasteiger partial charge >= 0.3 is 0 Å². The van der Waals surface area contributed by atoms with Gasteiger partial charge in [-0.3, -0.25) is 9.78 Å². The molecule has 4 rings (SSSR count). The zero-order chi connectivity index (χ0) is 18.5. The van der Waals surface area contributed by atoms with Crippen LogP contribution in [0.1, 0.15) is 18.4 Å². The summed E-state index contributed by atoms with van der Waals surface area (Å²) in [5, 5.41) is 7.16. The molecule has 1 fully saturated rings. The molecule has 0 spiro atoms. The van der Waals surface area contributed by atoms with Crippen LogP contribution < -0.4 is 10.2 Å². The van der Waals surface area contributed by atoms with Crippen LogP contribution in [-0.4, -0.2) is 48.7 Å². The predicted molar refractivity (Wildman–Crippen MR) is 98.0 cm³/mol. The van der Waals surface area contributed by atoms with Crippen molar-refractivity contribution in [3.8, 4) is 5.82 Å². The lowest BCUT2D eigenvalue weighted by molar-refractivity contribution is -0.125. The summed E-state index contributed by atoms with van der Waals surface area (Å²) in [5.41, 5.74) is 0.887. The molecule has 0 radical (unpaired) electrons. The summed E-state index contributed by atoms with van der Waals surface area (Å²) in [5.74, 6) is 1.44. The number of rotatable bonds is 5. The Bertz CT molecular complexity index is 883. The standard InChI is InChI=1S/C18H20N8O/c27-18(15-4-2-8-25(11-15)16-10-19-6-7-21-16)23-9-14-3-1-5-22-17(14)26-13-20-12-24-26/h1,3,5-7,10,12-13,15H,2,4,8-9,11H2,(H,23,27)/t15-/m0/s1. The van der Waals surface area contributed by atoms with E-state index in [4.69, 9.17) is 0 Å². The Labute approximate surface area is 156 Å². The van der Waals surface area contributed by atoms with Crippen LogP contribution in [-0.2, 0) is 11.3 Å². The fourth-order valence-corrected chi connectivity index (χ4v) is 3.27. The molecule has 9 nitrogen and oxygen atoms in total. The van der Waals surface area contributed by atoms with E-state index in [1.807, 2.05) is 12.1 Å². The molecule has 0 unspecified atom stereocenters. The molecular formula is C18H20N8O. The van der Waals surface area contributed by atoms with Gasteiger partial charge < -0.3 is 10.2 Å². The highest BCUT2D eigenvalue weighted by molar-refractivity contribution is 5.79. The Balaban J connectivity index is 1.40. The number of amides is 1. The average Bonchev–Trinajstić information content (AvgIpc) is 3.28. The van der Waals surface area contributed by atoms with Crippen molar-refractivity contribution in [2.24, 2.45) is 5.92 Å². The van der Waals surface area contributed by atoms with E-state index >= 15 is 0 Å². The number of nitrogens with zero attached hydrogens (tertiary/aromatic N) is 7. The molecule has 0 bridgehead atoms. The summed E-state index contributed by atoms with van der Waals surface area (Å²) < 4.78 is 1.60. The lowest BCUT2D eigenvalue weighted by atomic mass is 9.97. The average molecular weight is 364 g/mol. The number of anilines is 1. The molecule has 3 aromatic heterocycles. The lowest BCUT2D eigenvalue weighted by Crippen LogP contribution is -2.43. The molecule has 138 valence electrons. The maximum atomic E-state index is 12.7. The van der Waals surface area contributed by atoms with Crippen LogP contribution >= 0.6 is 0 Å². The second kappa shape index (κ2) is 7.90. The van der Waals surface area contributed by atoms with Crippen LogP contribution in [0.3, 0.4) is 0 Å². The van der Waals surface area contributed by atoms with Crippen molar-refractivity contribution < 1.29 is 4.79 Å². The number of aromatic nitrogens is 6. The molecule has 0 aliphatic carbocycles. The van der Waals surface area contributed by atoms with Crippen LogP contribution in [0.5, 0.6) is 0 Å². The monoisotopic (exact) mass is 364 g/mol. The largest absolute Gasteiger partial charge is 0.355 e. The molecule has 1 amide bonds.